The minimum Gasteiger partial charge on any atom is -0.337 e. The fourth-order valence-electron chi connectivity index (χ4n) is 2.23. The number of hydrogen-bond acceptors (Lipinski definition) is 4. The average molecular weight is 328 g/mol. The van der Waals surface area contributed by atoms with Gasteiger partial charge in [0.15, 0.2) is 0 Å². The van der Waals surface area contributed by atoms with Crippen molar-refractivity contribution in [1.82, 2.24) is 5.16 Å². The van der Waals surface area contributed by atoms with Crippen LogP contribution in [0.15, 0.2) is 71.4 Å². The second kappa shape index (κ2) is 6.66. The molecule has 5 nitrogen and oxygen atoms in total. The summed E-state index contributed by atoms with van der Waals surface area (Å²) in [6, 6.07) is 18.9. The minimum absolute atomic E-state index is 0.0219. The Labute approximate surface area is 135 Å². The molecule has 0 saturated heterocycles. The van der Waals surface area contributed by atoms with Crippen molar-refractivity contribution in [3.63, 3.8) is 0 Å². The Balaban J connectivity index is 1.73. The molecule has 0 aliphatic carbocycles. The molecule has 3 rings (SSSR count). The highest BCUT2D eigenvalue weighted by molar-refractivity contribution is 7.92. The fourth-order valence-corrected chi connectivity index (χ4v) is 3.26. The third kappa shape index (κ3) is 3.98. The van der Waals surface area contributed by atoms with Crippen LogP contribution in [0.2, 0.25) is 0 Å². The van der Waals surface area contributed by atoms with Gasteiger partial charge in [0.25, 0.3) is 0 Å². The van der Waals surface area contributed by atoms with E-state index in [0.29, 0.717) is 12.0 Å². The molecule has 6 heteroatoms. The standard InChI is InChI=1S/C17H16N2O3S/c20-23(21,12-11-14-7-3-1-4-8-14)19-17-16(13-18-22-17)15-9-5-2-6-10-15/h1-10,13,19H,11-12H2. The summed E-state index contributed by atoms with van der Waals surface area (Å²) in [7, 11) is -3.52. The lowest BCUT2D eigenvalue weighted by atomic mass is 10.1. The number of rotatable bonds is 6. The number of nitrogens with one attached hydrogen (secondary N) is 1. The first-order chi connectivity index (χ1) is 11.1. The summed E-state index contributed by atoms with van der Waals surface area (Å²) < 4.78 is 32.1. The normalized spacial score (nSPS) is 11.3. The van der Waals surface area contributed by atoms with Crippen LogP contribution in [0, 0.1) is 0 Å². The number of nitrogens with zero attached hydrogens (tertiary/aromatic N) is 1. The van der Waals surface area contributed by atoms with Crippen molar-refractivity contribution in [2.45, 2.75) is 6.42 Å². The van der Waals surface area contributed by atoms with Gasteiger partial charge in [0.1, 0.15) is 0 Å². The molecule has 1 aromatic heterocycles. The van der Waals surface area contributed by atoms with E-state index in [1.807, 2.05) is 60.7 Å². The van der Waals surface area contributed by atoms with Gasteiger partial charge in [0, 0.05) is 0 Å². The van der Waals surface area contributed by atoms with Crippen LogP contribution in [0.1, 0.15) is 5.56 Å². The SMILES string of the molecule is O=S(=O)(CCc1ccccc1)Nc1oncc1-c1ccccc1. The van der Waals surface area contributed by atoms with Gasteiger partial charge in [-0.05, 0) is 17.5 Å². The lowest BCUT2D eigenvalue weighted by Crippen LogP contribution is -2.18. The number of sulfonamides is 1. The van der Waals surface area contributed by atoms with E-state index in [1.165, 1.54) is 6.20 Å². The van der Waals surface area contributed by atoms with Crippen molar-refractivity contribution in [2.75, 3.05) is 10.5 Å². The molecular formula is C17H16N2O3S. The topological polar surface area (TPSA) is 72.2 Å². The summed E-state index contributed by atoms with van der Waals surface area (Å²) in [5, 5.41) is 3.70. The van der Waals surface area contributed by atoms with Gasteiger partial charge in [0.05, 0.1) is 17.5 Å². The summed E-state index contributed by atoms with van der Waals surface area (Å²) in [6.07, 6.45) is 1.94. The van der Waals surface area contributed by atoms with Crippen molar-refractivity contribution in [1.29, 1.82) is 0 Å². The molecule has 1 N–H and O–H groups in total. The maximum atomic E-state index is 12.3. The number of aryl methyl sites for hydroxylation is 1. The molecule has 0 aliphatic heterocycles. The van der Waals surface area contributed by atoms with Gasteiger partial charge in [-0.3, -0.25) is 4.72 Å². The van der Waals surface area contributed by atoms with Gasteiger partial charge in [-0.25, -0.2) is 8.42 Å². The van der Waals surface area contributed by atoms with E-state index in [9.17, 15) is 8.42 Å². The van der Waals surface area contributed by atoms with Gasteiger partial charge >= 0.3 is 0 Å². The number of aromatic nitrogens is 1. The Morgan fingerprint density at radius 3 is 2.30 bits per heavy atom. The van der Waals surface area contributed by atoms with Crippen LogP contribution in [-0.2, 0) is 16.4 Å². The smallest absolute Gasteiger partial charge is 0.245 e. The molecule has 118 valence electrons. The van der Waals surface area contributed by atoms with Crippen molar-refractivity contribution in [2.24, 2.45) is 0 Å². The third-order valence-electron chi connectivity index (χ3n) is 3.41. The monoisotopic (exact) mass is 328 g/mol. The van der Waals surface area contributed by atoms with Crippen molar-refractivity contribution in [3.8, 4) is 11.1 Å². The zero-order valence-electron chi connectivity index (χ0n) is 12.3. The van der Waals surface area contributed by atoms with E-state index in [1.54, 1.807) is 0 Å². The molecule has 0 radical (unpaired) electrons. The van der Waals surface area contributed by atoms with E-state index in [2.05, 4.69) is 9.88 Å². The average Bonchev–Trinajstić information content (AvgIpc) is 3.02. The van der Waals surface area contributed by atoms with E-state index in [-0.39, 0.29) is 11.6 Å². The Bertz CT molecular complexity index is 859. The molecule has 23 heavy (non-hydrogen) atoms. The van der Waals surface area contributed by atoms with Gasteiger partial charge in [-0.2, -0.15) is 0 Å². The number of anilines is 1. The molecule has 0 fully saturated rings. The quantitative estimate of drug-likeness (QED) is 0.753. The summed E-state index contributed by atoms with van der Waals surface area (Å²) >= 11 is 0. The number of benzene rings is 2. The zero-order valence-corrected chi connectivity index (χ0v) is 13.2. The molecule has 0 aliphatic rings. The van der Waals surface area contributed by atoms with Crippen LogP contribution in [0.5, 0.6) is 0 Å². The molecule has 1 heterocycles. The fraction of sp³-hybridized carbons (Fsp3) is 0.118. The van der Waals surface area contributed by atoms with Gasteiger partial charge in [0.2, 0.25) is 15.9 Å². The molecule has 0 unspecified atom stereocenters. The van der Waals surface area contributed by atoms with E-state index >= 15 is 0 Å². The van der Waals surface area contributed by atoms with Crippen molar-refractivity contribution >= 4 is 15.9 Å². The van der Waals surface area contributed by atoms with Crippen LogP contribution in [0.25, 0.3) is 11.1 Å². The minimum atomic E-state index is -3.52. The predicted octanol–water partition coefficient (Wildman–Crippen LogP) is 3.33. The first kappa shape index (κ1) is 15.3. The molecule has 0 atom stereocenters. The van der Waals surface area contributed by atoms with E-state index in [4.69, 9.17) is 4.52 Å². The first-order valence-corrected chi connectivity index (χ1v) is 8.84. The first-order valence-electron chi connectivity index (χ1n) is 7.18. The highest BCUT2D eigenvalue weighted by Gasteiger charge is 2.17. The highest BCUT2D eigenvalue weighted by atomic mass is 32.2. The number of hydrogen-bond donors (Lipinski definition) is 1. The Morgan fingerprint density at radius 1 is 0.957 bits per heavy atom. The third-order valence-corrected chi connectivity index (χ3v) is 4.64. The Hall–Kier alpha value is -2.60. The van der Waals surface area contributed by atoms with Crippen molar-refractivity contribution < 1.29 is 12.9 Å². The summed E-state index contributed by atoms with van der Waals surface area (Å²) in [6.45, 7) is 0. The second-order valence-corrected chi connectivity index (χ2v) is 6.93. The van der Waals surface area contributed by atoms with E-state index < -0.39 is 10.0 Å². The maximum absolute atomic E-state index is 12.3. The summed E-state index contributed by atoms with van der Waals surface area (Å²) in [4.78, 5) is 0. The van der Waals surface area contributed by atoms with Crippen LogP contribution in [0.3, 0.4) is 0 Å². The molecular weight excluding hydrogens is 312 g/mol. The maximum Gasteiger partial charge on any atom is 0.245 e. The van der Waals surface area contributed by atoms with E-state index in [0.717, 1.165) is 11.1 Å². The Kier molecular flexibility index (Phi) is 4.43. The second-order valence-electron chi connectivity index (χ2n) is 5.09. The van der Waals surface area contributed by atoms with Gasteiger partial charge in [-0.1, -0.05) is 65.8 Å². The lowest BCUT2D eigenvalue weighted by Gasteiger charge is -2.07. The molecule has 2 aromatic carbocycles. The van der Waals surface area contributed by atoms with Gasteiger partial charge in [-0.15, -0.1) is 0 Å². The molecule has 0 amide bonds. The molecule has 0 saturated carbocycles. The van der Waals surface area contributed by atoms with Crippen LogP contribution in [0.4, 0.5) is 5.88 Å². The Morgan fingerprint density at radius 2 is 1.61 bits per heavy atom. The summed E-state index contributed by atoms with van der Waals surface area (Å²) in [5.74, 6) is 0.121. The predicted molar refractivity (Wildman–Crippen MR) is 89.5 cm³/mol. The largest absolute Gasteiger partial charge is 0.337 e. The van der Waals surface area contributed by atoms with Crippen LogP contribution in [-0.4, -0.2) is 19.3 Å². The van der Waals surface area contributed by atoms with Crippen molar-refractivity contribution in [3.05, 3.63) is 72.4 Å². The highest BCUT2D eigenvalue weighted by Crippen LogP contribution is 2.28. The zero-order chi connectivity index (χ0) is 16.1. The van der Waals surface area contributed by atoms with Crippen LogP contribution < -0.4 is 4.72 Å². The van der Waals surface area contributed by atoms with Crippen LogP contribution >= 0.6 is 0 Å². The lowest BCUT2D eigenvalue weighted by molar-refractivity contribution is 0.435. The molecule has 0 bridgehead atoms. The van der Waals surface area contributed by atoms with Gasteiger partial charge < -0.3 is 4.52 Å². The molecule has 3 aromatic rings. The molecule has 0 spiro atoms. The summed E-state index contributed by atoms with van der Waals surface area (Å²) in [5.41, 5.74) is 2.43.